The molecule has 0 unspecified atom stereocenters. The van der Waals surface area contributed by atoms with Crippen molar-refractivity contribution >= 4 is 11.8 Å². The second-order valence-electron chi connectivity index (χ2n) is 10.3. The molecule has 0 radical (unpaired) electrons. The number of piperidine rings is 1. The van der Waals surface area contributed by atoms with Gasteiger partial charge >= 0.3 is 0 Å². The van der Waals surface area contributed by atoms with Crippen LogP contribution in [-0.4, -0.2) is 52.8 Å². The van der Waals surface area contributed by atoms with E-state index in [1.165, 1.54) is 43.2 Å². The molecule has 5 heteroatoms. The van der Waals surface area contributed by atoms with E-state index in [0.29, 0.717) is 12.5 Å². The largest absolute Gasteiger partial charge is 0.342 e. The molecule has 32 heavy (non-hydrogen) atoms. The SMILES string of the molecule is CCCCN1C(=O)[C@H](CC2CCCCC2)NC(=O)C12CCN(Cc1ccccc1C)CC2. The molecule has 1 aromatic carbocycles. The molecule has 1 aliphatic carbocycles. The first-order valence-corrected chi connectivity index (χ1v) is 12.9. The highest BCUT2D eigenvalue weighted by atomic mass is 16.2. The van der Waals surface area contributed by atoms with Gasteiger partial charge in [0.05, 0.1) is 0 Å². The number of hydrogen-bond acceptors (Lipinski definition) is 3. The lowest BCUT2D eigenvalue weighted by molar-refractivity contribution is -0.162. The van der Waals surface area contributed by atoms with Gasteiger partial charge in [0.15, 0.2) is 0 Å². The number of amides is 2. The number of likely N-dealkylation sites (tertiary alicyclic amines) is 1. The van der Waals surface area contributed by atoms with Crippen molar-refractivity contribution in [1.29, 1.82) is 0 Å². The van der Waals surface area contributed by atoms with Gasteiger partial charge < -0.3 is 10.2 Å². The fourth-order valence-corrected chi connectivity index (χ4v) is 6.04. The minimum absolute atomic E-state index is 0.101. The van der Waals surface area contributed by atoms with Gasteiger partial charge in [-0.05, 0) is 49.7 Å². The van der Waals surface area contributed by atoms with E-state index in [4.69, 9.17) is 0 Å². The third kappa shape index (κ3) is 4.88. The molecule has 1 N–H and O–H groups in total. The van der Waals surface area contributed by atoms with Crippen LogP contribution in [0, 0.1) is 12.8 Å². The quantitative estimate of drug-likeness (QED) is 0.684. The fraction of sp³-hybridized carbons (Fsp3) is 0.704. The molecule has 1 aromatic rings. The van der Waals surface area contributed by atoms with Crippen molar-refractivity contribution in [1.82, 2.24) is 15.1 Å². The van der Waals surface area contributed by atoms with Gasteiger partial charge in [0.25, 0.3) is 0 Å². The number of hydrogen-bond donors (Lipinski definition) is 1. The number of aryl methyl sites for hydroxylation is 1. The van der Waals surface area contributed by atoms with Gasteiger partial charge in [-0.2, -0.15) is 0 Å². The minimum Gasteiger partial charge on any atom is -0.342 e. The van der Waals surface area contributed by atoms with Crippen molar-refractivity contribution in [2.45, 2.75) is 96.2 Å². The summed E-state index contributed by atoms with van der Waals surface area (Å²) in [5.41, 5.74) is 2.01. The summed E-state index contributed by atoms with van der Waals surface area (Å²) in [4.78, 5) is 31.6. The van der Waals surface area contributed by atoms with Gasteiger partial charge in [-0.25, -0.2) is 0 Å². The molecule has 0 bridgehead atoms. The number of unbranched alkanes of at least 4 members (excludes halogenated alkanes) is 1. The van der Waals surface area contributed by atoms with Crippen molar-refractivity contribution < 1.29 is 9.59 Å². The molecule has 2 amide bonds. The fourth-order valence-electron chi connectivity index (χ4n) is 6.04. The predicted octanol–water partition coefficient (Wildman–Crippen LogP) is 4.43. The first-order chi connectivity index (χ1) is 15.5. The summed E-state index contributed by atoms with van der Waals surface area (Å²) in [6, 6.07) is 8.21. The Bertz CT molecular complexity index is 794. The molecular formula is C27H41N3O2. The second kappa shape index (κ2) is 10.4. The van der Waals surface area contributed by atoms with Crippen molar-refractivity contribution in [2.24, 2.45) is 5.92 Å². The van der Waals surface area contributed by atoms with Crippen LogP contribution in [0.3, 0.4) is 0 Å². The van der Waals surface area contributed by atoms with Crippen molar-refractivity contribution in [3.05, 3.63) is 35.4 Å². The molecule has 1 atom stereocenters. The zero-order valence-corrected chi connectivity index (χ0v) is 20.1. The highest BCUT2D eigenvalue weighted by Crippen LogP contribution is 2.36. The average Bonchev–Trinajstić information content (AvgIpc) is 2.81. The van der Waals surface area contributed by atoms with Crippen LogP contribution < -0.4 is 5.32 Å². The molecule has 5 nitrogen and oxygen atoms in total. The van der Waals surface area contributed by atoms with Gasteiger partial charge in [0.2, 0.25) is 11.8 Å². The van der Waals surface area contributed by atoms with Crippen LogP contribution in [0.5, 0.6) is 0 Å². The normalized spacial score (nSPS) is 24.7. The summed E-state index contributed by atoms with van der Waals surface area (Å²) in [7, 11) is 0. The van der Waals surface area contributed by atoms with Crippen LogP contribution in [0.25, 0.3) is 0 Å². The number of carbonyl (C=O) groups is 2. The lowest BCUT2D eigenvalue weighted by Crippen LogP contribution is -2.73. The number of benzene rings is 1. The molecule has 3 fully saturated rings. The van der Waals surface area contributed by atoms with Gasteiger partial charge in [0.1, 0.15) is 11.6 Å². The maximum Gasteiger partial charge on any atom is 0.246 e. The molecule has 0 aromatic heterocycles. The Morgan fingerprint density at radius 3 is 2.47 bits per heavy atom. The molecular weight excluding hydrogens is 398 g/mol. The number of nitrogens with zero attached hydrogens (tertiary/aromatic N) is 2. The van der Waals surface area contributed by atoms with Crippen LogP contribution in [-0.2, 0) is 16.1 Å². The molecule has 2 aliphatic heterocycles. The number of carbonyl (C=O) groups excluding carboxylic acids is 2. The molecule has 4 rings (SSSR count). The van der Waals surface area contributed by atoms with Gasteiger partial charge in [-0.3, -0.25) is 14.5 Å². The number of rotatable bonds is 7. The molecule has 2 heterocycles. The Morgan fingerprint density at radius 2 is 1.78 bits per heavy atom. The van der Waals surface area contributed by atoms with E-state index in [2.05, 4.69) is 48.3 Å². The highest BCUT2D eigenvalue weighted by molar-refractivity contribution is 6.00. The van der Waals surface area contributed by atoms with Gasteiger partial charge in [-0.1, -0.05) is 69.7 Å². The summed E-state index contributed by atoms with van der Waals surface area (Å²) in [5.74, 6) is 0.858. The van der Waals surface area contributed by atoms with Crippen LogP contribution >= 0.6 is 0 Å². The Morgan fingerprint density at radius 1 is 1.06 bits per heavy atom. The van der Waals surface area contributed by atoms with Crippen LogP contribution in [0.1, 0.15) is 82.3 Å². The number of nitrogens with one attached hydrogen (secondary N) is 1. The molecule has 2 saturated heterocycles. The summed E-state index contributed by atoms with van der Waals surface area (Å²) >= 11 is 0. The van der Waals surface area contributed by atoms with Crippen LogP contribution in [0.2, 0.25) is 0 Å². The zero-order chi connectivity index (χ0) is 22.6. The average molecular weight is 440 g/mol. The standard InChI is InChI=1S/C27H41N3O2/c1-3-4-16-30-25(31)24(19-22-11-6-5-7-12-22)28-26(32)27(30)14-17-29(18-15-27)20-23-13-9-8-10-21(23)2/h8-10,13,22,24H,3-7,11-12,14-20H2,1-2H3,(H,28,32)/t24-/m0/s1. The summed E-state index contributed by atoms with van der Waals surface area (Å²) < 4.78 is 0. The molecule has 1 saturated carbocycles. The van der Waals surface area contributed by atoms with E-state index >= 15 is 0 Å². The number of piperazine rings is 1. The van der Waals surface area contributed by atoms with E-state index in [9.17, 15) is 9.59 Å². The van der Waals surface area contributed by atoms with E-state index < -0.39 is 5.54 Å². The minimum atomic E-state index is -0.655. The Hall–Kier alpha value is -1.88. The molecule has 1 spiro atoms. The van der Waals surface area contributed by atoms with Crippen molar-refractivity contribution in [3.8, 4) is 0 Å². The second-order valence-corrected chi connectivity index (χ2v) is 10.3. The third-order valence-electron chi connectivity index (χ3n) is 8.18. The summed E-state index contributed by atoms with van der Waals surface area (Å²) in [5, 5.41) is 3.21. The van der Waals surface area contributed by atoms with Crippen molar-refractivity contribution in [3.63, 3.8) is 0 Å². The Kier molecular flexibility index (Phi) is 7.55. The topological polar surface area (TPSA) is 52.7 Å². The lowest BCUT2D eigenvalue weighted by atomic mass is 9.79. The third-order valence-corrected chi connectivity index (χ3v) is 8.18. The van der Waals surface area contributed by atoms with Gasteiger partial charge in [-0.15, -0.1) is 0 Å². The Labute approximate surface area is 193 Å². The van der Waals surface area contributed by atoms with Crippen LogP contribution in [0.15, 0.2) is 24.3 Å². The lowest BCUT2D eigenvalue weighted by Gasteiger charge is -2.52. The maximum atomic E-state index is 13.6. The van der Waals surface area contributed by atoms with Crippen molar-refractivity contribution in [2.75, 3.05) is 19.6 Å². The highest BCUT2D eigenvalue weighted by Gasteiger charge is 2.53. The maximum absolute atomic E-state index is 13.6. The van der Waals surface area contributed by atoms with E-state index in [-0.39, 0.29) is 17.9 Å². The first-order valence-electron chi connectivity index (χ1n) is 12.9. The smallest absolute Gasteiger partial charge is 0.246 e. The summed E-state index contributed by atoms with van der Waals surface area (Å²) in [6.07, 6.45) is 10.5. The zero-order valence-electron chi connectivity index (χ0n) is 20.1. The van der Waals surface area contributed by atoms with Gasteiger partial charge in [0, 0.05) is 26.2 Å². The first kappa shape index (κ1) is 23.3. The van der Waals surface area contributed by atoms with E-state index in [0.717, 1.165) is 51.7 Å². The van der Waals surface area contributed by atoms with E-state index in [1.807, 2.05) is 4.90 Å². The summed E-state index contributed by atoms with van der Waals surface area (Å²) in [6.45, 7) is 7.65. The van der Waals surface area contributed by atoms with E-state index in [1.54, 1.807) is 0 Å². The van der Waals surface area contributed by atoms with Crippen LogP contribution in [0.4, 0.5) is 0 Å². The molecule has 3 aliphatic rings. The Balaban J connectivity index is 1.45. The predicted molar refractivity (Wildman–Crippen MR) is 128 cm³/mol. The molecule has 176 valence electrons. The monoisotopic (exact) mass is 439 g/mol.